The lowest BCUT2D eigenvalue weighted by molar-refractivity contribution is 1.26. The largest absolute Gasteiger partial charge is 0.0975 e. The molecule has 0 aromatic heterocycles. The first kappa shape index (κ1) is 6.56. The quantitative estimate of drug-likeness (QED) is 0.407. The van der Waals surface area contributed by atoms with E-state index in [1.807, 2.05) is 0 Å². The molecule has 1 rings (SSSR count). The van der Waals surface area contributed by atoms with Gasteiger partial charge in [-0.25, -0.2) is 0 Å². The summed E-state index contributed by atoms with van der Waals surface area (Å²) >= 11 is 3.56. The fourth-order valence-corrected chi connectivity index (χ4v) is 5.97. The van der Waals surface area contributed by atoms with Gasteiger partial charge >= 0.3 is 0 Å². The van der Waals surface area contributed by atoms with Crippen LogP contribution in [-0.4, -0.2) is 12.9 Å². The maximum absolute atomic E-state index is 3.56. The summed E-state index contributed by atoms with van der Waals surface area (Å²) in [7, 11) is -0.831. The maximum Gasteiger partial charge on any atom is 0.0727 e. The molecule has 1 aliphatic heterocycles. The predicted octanol–water partition coefficient (Wildman–Crippen LogP) is 2.57. The zero-order valence-electron chi connectivity index (χ0n) is 5.32. The van der Waals surface area contributed by atoms with Crippen LogP contribution in [-0.2, 0) is 0 Å². The third-order valence-electron chi connectivity index (χ3n) is 1.48. The molecule has 0 aliphatic carbocycles. The molecule has 0 aromatic carbocycles. The van der Waals surface area contributed by atoms with E-state index in [1.54, 1.807) is 0 Å². The Labute approximate surface area is 60.1 Å². The zero-order valence-corrected chi connectivity index (χ0v) is 7.90. The van der Waals surface area contributed by atoms with Crippen LogP contribution in [0.1, 0.15) is 0 Å². The Bertz CT molecular complexity index is 118. The Kier molecular flexibility index (Phi) is 1.63. The highest BCUT2D eigenvalue weighted by Gasteiger charge is 2.24. The van der Waals surface area contributed by atoms with Crippen molar-refractivity contribution in [1.29, 1.82) is 0 Å². The van der Waals surface area contributed by atoms with Crippen molar-refractivity contribution in [3.05, 3.63) is 11.8 Å². The Morgan fingerprint density at radius 3 is 2.38 bits per heavy atom. The first-order chi connectivity index (χ1) is 3.60. The van der Waals surface area contributed by atoms with E-state index in [0.717, 1.165) is 0 Å². The van der Waals surface area contributed by atoms with Crippen LogP contribution in [0.15, 0.2) is 11.8 Å². The third kappa shape index (κ3) is 1.45. The van der Waals surface area contributed by atoms with Gasteiger partial charge in [0.05, 0.1) is 8.07 Å². The molecular formula is C6H11BrSi. The average molecular weight is 191 g/mol. The van der Waals surface area contributed by atoms with Gasteiger partial charge in [0.25, 0.3) is 0 Å². The zero-order chi connectivity index (χ0) is 6.20. The van der Waals surface area contributed by atoms with E-state index in [0.29, 0.717) is 4.83 Å². The molecule has 0 radical (unpaired) electrons. The van der Waals surface area contributed by atoms with Gasteiger partial charge in [0.2, 0.25) is 0 Å². The molecule has 1 heterocycles. The smallest absolute Gasteiger partial charge is 0.0727 e. The predicted molar refractivity (Wildman–Crippen MR) is 44.1 cm³/mol. The number of rotatable bonds is 0. The van der Waals surface area contributed by atoms with E-state index < -0.39 is 8.07 Å². The Morgan fingerprint density at radius 1 is 1.62 bits per heavy atom. The van der Waals surface area contributed by atoms with Gasteiger partial charge in [0, 0.05) is 4.83 Å². The van der Waals surface area contributed by atoms with Crippen molar-refractivity contribution < 1.29 is 0 Å². The lowest BCUT2D eigenvalue weighted by atomic mass is 10.5. The van der Waals surface area contributed by atoms with E-state index in [1.165, 1.54) is 6.04 Å². The molecule has 0 fully saturated rings. The highest BCUT2D eigenvalue weighted by Crippen LogP contribution is 2.26. The fraction of sp³-hybridized carbons (Fsp3) is 0.667. The summed E-state index contributed by atoms with van der Waals surface area (Å²) in [6.45, 7) is 4.79. The number of alkyl halides is 1. The lowest BCUT2D eigenvalue weighted by Crippen LogP contribution is -2.19. The van der Waals surface area contributed by atoms with Gasteiger partial charge in [-0.3, -0.25) is 0 Å². The van der Waals surface area contributed by atoms with E-state index in [-0.39, 0.29) is 0 Å². The van der Waals surface area contributed by atoms with Crippen LogP contribution >= 0.6 is 15.9 Å². The van der Waals surface area contributed by atoms with Gasteiger partial charge in [-0.1, -0.05) is 40.8 Å². The van der Waals surface area contributed by atoms with Gasteiger partial charge < -0.3 is 0 Å². The Balaban J connectivity index is 2.58. The topological polar surface area (TPSA) is 0 Å². The van der Waals surface area contributed by atoms with Crippen molar-refractivity contribution >= 4 is 24.0 Å². The number of halogens is 1. The highest BCUT2D eigenvalue weighted by molar-refractivity contribution is 9.09. The monoisotopic (exact) mass is 190 g/mol. The van der Waals surface area contributed by atoms with E-state index in [4.69, 9.17) is 0 Å². The molecule has 0 saturated carbocycles. The molecule has 0 saturated heterocycles. The van der Waals surface area contributed by atoms with Crippen LogP contribution in [0.4, 0.5) is 0 Å². The minimum atomic E-state index is -0.831. The molecule has 0 N–H and O–H groups in total. The molecule has 1 atom stereocenters. The molecule has 0 aromatic rings. The summed E-state index contributed by atoms with van der Waals surface area (Å²) in [6, 6.07) is 1.38. The van der Waals surface area contributed by atoms with Gasteiger partial charge in [0.1, 0.15) is 0 Å². The summed E-state index contributed by atoms with van der Waals surface area (Å²) in [6.07, 6.45) is 2.28. The van der Waals surface area contributed by atoms with Gasteiger partial charge in [-0.05, 0) is 6.04 Å². The SMILES string of the molecule is C[Si]1(C)C=CC(Br)C1. The Hall–Kier alpha value is 0.437. The summed E-state index contributed by atoms with van der Waals surface area (Å²) < 4.78 is 0. The van der Waals surface area contributed by atoms with Crippen LogP contribution in [0.2, 0.25) is 19.1 Å². The minimum absolute atomic E-state index is 0.684. The lowest BCUT2D eigenvalue weighted by Gasteiger charge is -2.10. The maximum atomic E-state index is 3.56. The van der Waals surface area contributed by atoms with Crippen molar-refractivity contribution in [2.75, 3.05) is 0 Å². The molecule has 8 heavy (non-hydrogen) atoms. The van der Waals surface area contributed by atoms with Crippen LogP contribution in [0.5, 0.6) is 0 Å². The standard InChI is InChI=1S/C6H11BrSi/c1-8(2)4-3-6(7)5-8/h3-4,6H,5H2,1-2H3. The second-order valence-electron chi connectivity index (χ2n) is 3.07. The normalized spacial score (nSPS) is 33.6. The molecule has 46 valence electrons. The summed E-state index contributed by atoms with van der Waals surface area (Å²) in [5, 5.41) is 0. The molecule has 0 nitrogen and oxygen atoms in total. The second kappa shape index (κ2) is 1.99. The summed E-state index contributed by atoms with van der Waals surface area (Å²) in [5.74, 6) is 0. The molecular weight excluding hydrogens is 180 g/mol. The van der Waals surface area contributed by atoms with Crippen LogP contribution < -0.4 is 0 Å². The number of hydrogen-bond donors (Lipinski definition) is 0. The van der Waals surface area contributed by atoms with Gasteiger partial charge in [-0.2, -0.15) is 0 Å². The first-order valence-corrected chi connectivity index (χ1v) is 7.14. The Morgan fingerprint density at radius 2 is 2.25 bits per heavy atom. The summed E-state index contributed by atoms with van der Waals surface area (Å²) in [4.78, 5) is 0.684. The van der Waals surface area contributed by atoms with Crippen LogP contribution in [0.3, 0.4) is 0 Å². The van der Waals surface area contributed by atoms with Crippen molar-refractivity contribution in [1.82, 2.24) is 0 Å². The molecule has 0 spiro atoms. The van der Waals surface area contributed by atoms with Crippen molar-refractivity contribution in [3.8, 4) is 0 Å². The highest BCUT2D eigenvalue weighted by atomic mass is 79.9. The second-order valence-corrected chi connectivity index (χ2v) is 8.96. The molecule has 2 heteroatoms. The van der Waals surface area contributed by atoms with Gasteiger partial charge in [0.15, 0.2) is 0 Å². The third-order valence-corrected chi connectivity index (χ3v) is 5.29. The van der Waals surface area contributed by atoms with Crippen molar-refractivity contribution in [2.45, 2.75) is 24.0 Å². The van der Waals surface area contributed by atoms with E-state index in [2.05, 4.69) is 40.8 Å². The fourth-order valence-electron chi connectivity index (χ4n) is 1.00. The van der Waals surface area contributed by atoms with E-state index >= 15 is 0 Å². The number of hydrogen-bond acceptors (Lipinski definition) is 0. The average Bonchev–Trinajstić information content (AvgIpc) is 1.82. The number of allylic oxidation sites excluding steroid dienone is 1. The molecule has 0 amide bonds. The van der Waals surface area contributed by atoms with Crippen molar-refractivity contribution in [3.63, 3.8) is 0 Å². The van der Waals surface area contributed by atoms with Crippen molar-refractivity contribution in [2.24, 2.45) is 0 Å². The molecule has 1 unspecified atom stereocenters. The first-order valence-electron chi connectivity index (χ1n) is 2.94. The van der Waals surface area contributed by atoms with E-state index in [9.17, 15) is 0 Å². The molecule has 0 bridgehead atoms. The minimum Gasteiger partial charge on any atom is -0.0975 e. The van der Waals surface area contributed by atoms with Gasteiger partial charge in [-0.15, -0.1) is 0 Å². The molecule has 1 aliphatic rings. The van der Waals surface area contributed by atoms with Crippen LogP contribution in [0.25, 0.3) is 0 Å². The summed E-state index contributed by atoms with van der Waals surface area (Å²) in [5.41, 5.74) is 2.41. The van der Waals surface area contributed by atoms with Crippen LogP contribution in [0, 0.1) is 0 Å².